The Hall–Kier alpha value is -3.64. The van der Waals surface area contributed by atoms with Crippen molar-refractivity contribution in [1.29, 1.82) is 0 Å². The lowest BCUT2D eigenvalue weighted by Gasteiger charge is -2.22. The van der Waals surface area contributed by atoms with Crippen molar-refractivity contribution in [3.63, 3.8) is 0 Å². The summed E-state index contributed by atoms with van der Waals surface area (Å²) in [7, 11) is 0. The highest BCUT2D eigenvalue weighted by Crippen LogP contribution is 2.57. The fourth-order valence-electron chi connectivity index (χ4n) is 8.21. The first-order valence-corrected chi connectivity index (χ1v) is 15.1. The minimum Gasteiger partial charge on any atom is -0.0616 e. The molecule has 1 aliphatic carbocycles. The molecule has 200 valence electrons. The van der Waals surface area contributed by atoms with Crippen LogP contribution >= 0.6 is 0 Å². The van der Waals surface area contributed by atoms with Gasteiger partial charge < -0.3 is 0 Å². The predicted octanol–water partition coefficient (Wildman–Crippen LogP) is 11.5. The van der Waals surface area contributed by atoms with Crippen molar-refractivity contribution in [2.24, 2.45) is 0 Å². The molecular formula is C40H40. The van der Waals surface area contributed by atoms with E-state index >= 15 is 0 Å². The van der Waals surface area contributed by atoms with Crippen LogP contribution in [0.2, 0.25) is 0 Å². The van der Waals surface area contributed by atoms with Gasteiger partial charge in [0.2, 0.25) is 0 Å². The lowest BCUT2D eigenvalue weighted by molar-refractivity contribution is 1.14. The third-order valence-corrected chi connectivity index (χ3v) is 11.0. The van der Waals surface area contributed by atoms with Crippen LogP contribution in [-0.2, 0) is 12.8 Å². The molecule has 0 aliphatic heterocycles. The molecule has 0 fully saturated rings. The van der Waals surface area contributed by atoms with Crippen molar-refractivity contribution < 1.29 is 0 Å². The Morgan fingerprint density at radius 1 is 0.400 bits per heavy atom. The lowest BCUT2D eigenvalue weighted by Crippen LogP contribution is -1.99. The molecule has 7 rings (SSSR count). The van der Waals surface area contributed by atoms with E-state index < -0.39 is 0 Å². The normalized spacial score (nSPS) is 12.4. The van der Waals surface area contributed by atoms with Crippen LogP contribution in [0, 0.1) is 55.4 Å². The Morgan fingerprint density at radius 3 is 1.15 bits per heavy atom. The maximum atomic E-state index is 2.57. The number of hydrogen-bond acceptors (Lipinski definition) is 0. The predicted molar refractivity (Wildman–Crippen MR) is 178 cm³/mol. The molecule has 6 aromatic carbocycles. The van der Waals surface area contributed by atoms with Crippen molar-refractivity contribution in [3.05, 3.63) is 92.0 Å². The first-order valence-electron chi connectivity index (χ1n) is 15.1. The number of benzene rings is 6. The standard InChI is InChI=1S/C40H40/c1-11-27-29-15-13-14-16-30(29)28(12-2)38-34-18-32-24(8)20(4)22(6)26(10)36(32)40-35-25(9)21(5)19(3)23(7)31(35)17-33(37(27)38)39(34)40/h13-18H,11-12H2,1-10H3. The molecule has 0 aromatic heterocycles. The van der Waals surface area contributed by atoms with Crippen molar-refractivity contribution >= 4 is 43.1 Å². The van der Waals surface area contributed by atoms with E-state index in [0.29, 0.717) is 0 Å². The average Bonchev–Trinajstić information content (AvgIpc) is 3.29. The number of fused-ring (bicyclic) bond motifs is 8. The van der Waals surface area contributed by atoms with Gasteiger partial charge in [0.05, 0.1) is 0 Å². The summed E-state index contributed by atoms with van der Waals surface area (Å²) in [5.41, 5.74) is 20.3. The Kier molecular flexibility index (Phi) is 5.34. The molecule has 0 spiro atoms. The van der Waals surface area contributed by atoms with Crippen LogP contribution in [0.5, 0.6) is 0 Å². The molecule has 0 radical (unpaired) electrons. The molecular weight excluding hydrogens is 480 g/mol. The molecule has 0 saturated carbocycles. The Balaban J connectivity index is 1.91. The summed E-state index contributed by atoms with van der Waals surface area (Å²) in [6.07, 6.45) is 2.06. The minimum atomic E-state index is 1.03. The van der Waals surface area contributed by atoms with E-state index in [4.69, 9.17) is 0 Å². The molecule has 0 amide bonds. The summed E-state index contributed by atoms with van der Waals surface area (Å²) in [6, 6.07) is 14.3. The van der Waals surface area contributed by atoms with Crippen molar-refractivity contribution in [1.82, 2.24) is 0 Å². The molecule has 0 heteroatoms. The van der Waals surface area contributed by atoms with E-state index in [-0.39, 0.29) is 0 Å². The molecule has 0 atom stereocenters. The van der Waals surface area contributed by atoms with E-state index in [1.165, 1.54) is 121 Å². The zero-order chi connectivity index (χ0) is 28.4. The molecule has 0 saturated heterocycles. The second-order valence-corrected chi connectivity index (χ2v) is 12.4. The van der Waals surface area contributed by atoms with Crippen LogP contribution in [0.4, 0.5) is 0 Å². The van der Waals surface area contributed by atoms with Crippen LogP contribution in [-0.4, -0.2) is 0 Å². The summed E-state index contributed by atoms with van der Waals surface area (Å²) in [5.74, 6) is 0. The number of hydrogen-bond donors (Lipinski definition) is 0. The van der Waals surface area contributed by atoms with Crippen LogP contribution in [0.1, 0.15) is 69.5 Å². The van der Waals surface area contributed by atoms with Gasteiger partial charge in [-0.1, -0.05) is 38.1 Å². The topological polar surface area (TPSA) is 0 Å². The molecule has 1 aliphatic rings. The van der Waals surface area contributed by atoms with Crippen molar-refractivity contribution in [3.8, 4) is 22.3 Å². The number of aryl methyl sites for hydroxylation is 6. The van der Waals surface area contributed by atoms with Gasteiger partial charge in [-0.2, -0.15) is 0 Å². The van der Waals surface area contributed by atoms with Gasteiger partial charge in [-0.3, -0.25) is 0 Å². The van der Waals surface area contributed by atoms with Gasteiger partial charge in [0.1, 0.15) is 0 Å². The summed E-state index contributed by atoms with van der Waals surface area (Å²) >= 11 is 0. The van der Waals surface area contributed by atoms with E-state index in [2.05, 4.69) is 106 Å². The first-order chi connectivity index (χ1) is 19.1. The molecule has 40 heavy (non-hydrogen) atoms. The summed E-state index contributed by atoms with van der Waals surface area (Å²) in [6.45, 7) is 23.4. The van der Waals surface area contributed by atoms with E-state index in [1.54, 1.807) is 0 Å². The van der Waals surface area contributed by atoms with Crippen molar-refractivity contribution in [2.45, 2.75) is 82.1 Å². The van der Waals surface area contributed by atoms with Gasteiger partial charge >= 0.3 is 0 Å². The van der Waals surface area contributed by atoms with E-state index in [0.717, 1.165) is 12.8 Å². The first kappa shape index (κ1) is 25.3. The highest BCUT2D eigenvalue weighted by atomic mass is 14.3. The maximum absolute atomic E-state index is 2.57. The SMILES string of the molecule is CCc1c2c(c(CC)c3ccccc13)-c1cc3c(C)c(C)c(C)c(C)c3c3c1c-2cc1c(C)c(C)c(C)c(C)c13. The van der Waals surface area contributed by atoms with Crippen LogP contribution in [0.15, 0.2) is 36.4 Å². The Labute approximate surface area is 239 Å². The van der Waals surface area contributed by atoms with Crippen molar-refractivity contribution in [2.75, 3.05) is 0 Å². The Morgan fingerprint density at radius 2 is 0.775 bits per heavy atom. The van der Waals surface area contributed by atoms with Gasteiger partial charge in [0.25, 0.3) is 0 Å². The monoisotopic (exact) mass is 520 g/mol. The minimum absolute atomic E-state index is 1.03. The molecule has 0 nitrogen and oxygen atoms in total. The largest absolute Gasteiger partial charge is 0.0616 e. The van der Waals surface area contributed by atoms with E-state index in [9.17, 15) is 0 Å². The fourth-order valence-corrected chi connectivity index (χ4v) is 8.21. The quantitative estimate of drug-likeness (QED) is 0.199. The summed E-state index contributed by atoms with van der Waals surface area (Å²) in [5, 5.41) is 11.6. The molecule has 0 heterocycles. The Bertz CT molecular complexity index is 1980. The van der Waals surface area contributed by atoms with Crippen LogP contribution in [0.25, 0.3) is 65.3 Å². The second kappa shape index (κ2) is 8.43. The molecule has 0 unspecified atom stereocenters. The highest BCUT2D eigenvalue weighted by molar-refractivity contribution is 6.34. The third kappa shape index (κ3) is 2.87. The van der Waals surface area contributed by atoms with Crippen LogP contribution < -0.4 is 0 Å². The smallest absolute Gasteiger partial charge is 0.000857 e. The molecule has 0 N–H and O–H groups in total. The lowest BCUT2D eigenvalue weighted by atomic mass is 9.82. The number of rotatable bonds is 2. The zero-order valence-electron chi connectivity index (χ0n) is 25.9. The van der Waals surface area contributed by atoms with Crippen LogP contribution in [0.3, 0.4) is 0 Å². The third-order valence-electron chi connectivity index (χ3n) is 11.0. The van der Waals surface area contributed by atoms with Gasteiger partial charge in [-0.25, -0.2) is 0 Å². The van der Waals surface area contributed by atoms with Gasteiger partial charge in [0.15, 0.2) is 0 Å². The fraction of sp³-hybridized carbons (Fsp3) is 0.300. The second-order valence-electron chi connectivity index (χ2n) is 12.4. The summed E-state index contributed by atoms with van der Waals surface area (Å²) in [4.78, 5) is 0. The zero-order valence-corrected chi connectivity index (χ0v) is 25.9. The summed E-state index contributed by atoms with van der Waals surface area (Å²) < 4.78 is 0. The van der Waals surface area contributed by atoms with E-state index in [1.807, 2.05) is 0 Å². The maximum Gasteiger partial charge on any atom is -0.000857 e. The van der Waals surface area contributed by atoms with Gasteiger partial charge in [-0.05, 0) is 201 Å². The molecule has 0 bridgehead atoms. The van der Waals surface area contributed by atoms with Gasteiger partial charge in [0, 0.05) is 0 Å². The molecule has 6 aromatic rings. The highest BCUT2D eigenvalue weighted by Gasteiger charge is 2.32. The average molecular weight is 521 g/mol. The van der Waals surface area contributed by atoms with Gasteiger partial charge in [-0.15, -0.1) is 0 Å².